The summed E-state index contributed by atoms with van der Waals surface area (Å²) in [6, 6.07) is 25.6. The van der Waals surface area contributed by atoms with Crippen LogP contribution in [0.15, 0.2) is 84.9 Å². The molecule has 0 unspecified atom stereocenters. The van der Waals surface area contributed by atoms with Crippen LogP contribution in [0, 0.1) is 0 Å². The lowest BCUT2D eigenvalue weighted by Crippen LogP contribution is -2.34. The van der Waals surface area contributed by atoms with Gasteiger partial charge < -0.3 is 40.1 Å². The maximum atomic E-state index is 13.6. The fourth-order valence-corrected chi connectivity index (χ4v) is 8.63. The van der Waals surface area contributed by atoms with Crippen molar-refractivity contribution >= 4 is 52.9 Å². The van der Waals surface area contributed by atoms with Crippen LogP contribution >= 0.6 is 11.8 Å². The summed E-state index contributed by atoms with van der Waals surface area (Å²) in [7, 11) is 0. The largest absolute Gasteiger partial charge is 0.477 e. The van der Waals surface area contributed by atoms with Gasteiger partial charge in [-0.1, -0.05) is 67.1 Å². The van der Waals surface area contributed by atoms with Crippen LogP contribution in [0.3, 0.4) is 0 Å². The van der Waals surface area contributed by atoms with Crippen LogP contribution in [0.25, 0.3) is 11.6 Å². The number of ether oxygens (including phenoxy) is 2. The Morgan fingerprint density at radius 3 is 2.07 bits per heavy atom. The first kappa shape index (κ1) is 52.4. The van der Waals surface area contributed by atoms with Gasteiger partial charge in [-0.05, 0) is 72.6 Å². The number of thioether (sulfide) groups is 1. The monoisotopic (exact) mass is 940 g/mol. The van der Waals surface area contributed by atoms with Crippen molar-refractivity contribution in [2.75, 3.05) is 82.2 Å². The van der Waals surface area contributed by atoms with E-state index in [0.29, 0.717) is 89.3 Å². The summed E-state index contributed by atoms with van der Waals surface area (Å²) in [5.41, 5.74) is 6.10. The molecule has 5 rings (SSSR count). The molecule has 0 radical (unpaired) electrons. The van der Waals surface area contributed by atoms with Crippen LogP contribution in [-0.2, 0) is 38.7 Å². The van der Waals surface area contributed by atoms with Crippen molar-refractivity contribution in [3.05, 3.63) is 124 Å². The van der Waals surface area contributed by atoms with Gasteiger partial charge in [0.2, 0.25) is 11.8 Å². The van der Waals surface area contributed by atoms with E-state index in [-0.39, 0.29) is 55.4 Å². The van der Waals surface area contributed by atoms with Crippen molar-refractivity contribution in [2.45, 2.75) is 64.8 Å². The number of fused-ring (bicyclic) bond motifs is 2. The summed E-state index contributed by atoms with van der Waals surface area (Å²) in [5, 5.41) is 41.1. The number of anilines is 1. The third kappa shape index (κ3) is 17.9. The number of aromatic carboxylic acids is 2. The molecule has 1 aliphatic heterocycles. The Kier molecular flexibility index (Phi) is 22.4. The van der Waals surface area contributed by atoms with Gasteiger partial charge in [0.1, 0.15) is 11.4 Å². The number of hydrogen-bond acceptors (Lipinski definition) is 13. The number of para-hydroxylation sites is 1. The number of amides is 2. The molecule has 3 heterocycles. The molecule has 4 aromatic rings. The minimum absolute atomic E-state index is 0.0455. The molecule has 0 bridgehead atoms. The molecular formula is C50H64N6O10S. The van der Waals surface area contributed by atoms with Crippen LogP contribution in [0.2, 0.25) is 0 Å². The number of allylic oxidation sites excluding steroid dienone is 1. The SMILES string of the molecule is C/C1=C/c2ccccc2CN(C(=O)CCC(=O)NCCCCCSC[C@H](COCCN(CCO)Cc2cccc(C(=O)O)n2)OCCN(CCO)Cc2cccc(C(=O)O)n2)c2ccccc21. The van der Waals surface area contributed by atoms with Gasteiger partial charge in [0.05, 0.1) is 62.8 Å². The van der Waals surface area contributed by atoms with Crippen LogP contribution in [0.5, 0.6) is 0 Å². The van der Waals surface area contributed by atoms with Crippen LogP contribution in [0.4, 0.5) is 5.69 Å². The lowest BCUT2D eigenvalue weighted by atomic mass is 9.96. The fourth-order valence-electron chi connectivity index (χ4n) is 7.60. The molecule has 67 heavy (non-hydrogen) atoms. The highest BCUT2D eigenvalue weighted by molar-refractivity contribution is 7.99. The van der Waals surface area contributed by atoms with Gasteiger partial charge in [0.15, 0.2) is 0 Å². The van der Waals surface area contributed by atoms with E-state index in [1.807, 2.05) is 52.3 Å². The molecule has 0 spiro atoms. The second-order valence-electron chi connectivity index (χ2n) is 16.2. The first-order valence-electron chi connectivity index (χ1n) is 22.8. The Bertz CT molecular complexity index is 2240. The molecule has 0 aliphatic carbocycles. The molecule has 360 valence electrons. The number of carboxylic acid groups (broad SMARTS) is 2. The third-order valence-corrected chi connectivity index (χ3v) is 12.3. The van der Waals surface area contributed by atoms with Crippen molar-refractivity contribution < 1.29 is 49.1 Å². The summed E-state index contributed by atoms with van der Waals surface area (Å²) in [6.45, 7) is 6.12. The number of aromatic nitrogens is 2. The fraction of sp³-hybridized carbons (Fsp3) is 0.440. The number of unbranched alkanes of at least 4 members (excludes halogenated alkanes) is 2. The highest BCUT2D eigenvalue weighted by atomic mass is 32.2. The third-order valence-electron chi connectivity index (χ3n) is 11.1. The van der Waals surface area contributed by atoms with Gasteiger partial charge in [0, 0.05) is 70.0 Å². The number of hydrogen-bond donors (Lipinski definition) is 5. The summed E-state index contributed by atoms with van der Waals surface area (Å²) in [5.74, 6) is -0.940. The zero-order chi connectivity index (χ0) is 47.8. The van der Waals surface area contributed by atoms with Crippen molar-refractivity contribution in [3.8, 4) is 0 Å². The lowest BCUT2D eigenvalue weighted by molar-refractivity contribution is -0.125. The highest BCUT2D eigenvalue weighted by Crippen LogP contribution is 2.33. The van der Waals surface area contributed by atoms with Gasteiger partial charge in [-0.25, -0.2) is 19.6 Å². The minimum atomic E-state index is -1.11. The number of pyridine rings is 2. The summed E-state index contributed by atoms with van der Waals surface area (Å²) in [6.07, 6.45) is 4.74. The summed E-state index contributed by atoms with van der Waals surface area (Å²) >= 11 is 1.74. The van der Waals surface area contributed by atoms with E-state index in [1.165, 1.54) is 12.1 Å². The standard InChI is InChI=1S/C50H64N6O10S/c1-37-31-38-11-3-4-12-39(38)32-56(46-18-6-5-15-43(37)46)48(60)20-19-47(59)51-21-7-2-8-30-67-36-42(66-29-25-55(23-27-58)34-41-14-10-17-45(53-41)50(63)64)35-65-28-24-54(22-26-57)33-40-13-9-16-44(52-40)49(61)62/h3-6,9-18,31,42,57-58H,2,7-8,19-30,32-36H2,1H3,(H,51,59)(H,61,62)(H,63,64)/b37-31-/t42-/m0/s1. The molecule has 2 aromatic heterocycles. The Labute approximate surface area is 397 Å². The van der Waals surface area contributed by atoms with E-state index in [2.05, 4.69) is 34.4 Å². The molecule has 2 amide bonds. The molecule has 0 fully saturated rings. The number of aliphatic hydroxyl groups is 2. The van der Waals surface area contributed by atoms with Gasteiger partial charge in [-0.3, -0.25) is 19.4 Å². The zero-order valence-corrected chi connectivity index (χ0v) is 39.1. The van der Waals surface area contributed by atoms with Crippen molar-refractivity contribution in [2.24, 2.45) is 0 Å². The van der Waals surface area contributed by atoms with Crippen LogP contribution in [0.1, 0.15) is 88.1 Å². The molecule has 2 aromatic carbocycles. The van der Waals surface area contributed by atoms with Gasteiger partial charge in [-0.2, -0.15) is 11.8 Å². The van der Waals surface area contributed by atoms with E-state index in [1.54, 1.807) is 40.9 Å². The predicted octanol–water partition coefficient (Wildman–Crippen LogP) is 5.47. The normalized spacial score (nSPS) is 13.6. The Balaban J connectivity index is 1.05. The number of benzene rings is 2. The van der Waals surface area contributed by atoms with E-state index in [9.17, 15) is 39.6 Å². The second-order valence-corrected chi connectivity index (χ2v) is 17.4. The number of carboxylic acids is 2. The highest BCUT2D eigenvalue weighted by Gasteiger charge is 2.23. The Hall–Kier alpha value is -5.53. The van der Waals surface area contributed by atoms with Gasteiger partial charge in [-0.15, -0.1) is 0 Å². The smallest absolute Gasteiger partial charge is 0.354 e. The zero-order valence-electron chi connectivity index (χ0n) is 38.3. The van der Waals surface area contributed by atoms with E-state index in [4.69, 9.17) is 9.47 Å². The number of carbonyl (C=O) groups is 4. The quantitative estimate of drug-likeness (QED) is 0.0410. The molecule has 5 N–H and O–H groups in total. The molecule has 0 saturated heterocycles. The molecule has 16 nitrogen and oxygen atoms in total. The number of carbonyl (C=O) groups excluding carboxylic acids is 2. The molecule has 1 aliphatic rings. The maximum absolute atomic E-state index is 13.6. The Morgan fingerprint density at radius 1 is 0.761 bits per heavy atom. The van der Waals surface area contributed by atoms with Gasteiger partial charge >= 0.3 is 11.9 Å². The van der Waals surface area contributed by atoms with E-state index < -0.39 is 11.9 Å². The molecule has 17 heteroatoms. The van der Waals surface area contributed by atoms with Crippen molar-refractivity contribution in [3.63, 3.8) is 0 Å². The number of rotatable bonds is 30. The summed E-state index contributed by atoms with van der Waals surface area (Å²) < 4.78 is 12.4. The van der Waals surface area contributed by atoms with Crippen molar-refractivity contribution in [1.82, 2.24) is 25.1 Å². The van der Waals surface area contributed by atoms with Crippen LogP contribution in [-0.4, -0.2) is 147 Å². The number of nitrogens with one attached hydrogen (secondary N) is 1. The second kappa shape index (κ2) is 28.6. The first-order chi connectivity index (χ1) is 32.5. The van der Waals surface area contributed by atoms with E-state index in [0.717, 1.165) is 53.0 Å². The topological polar surface area (TPSA) is 215 Å². The first-order valence-corrected chi connectivity index (χ1v) is 23.9. The maximum Gasteiger partial charge on any atom is 0.354 e. The minimum Gasteiger partial charge on any atom is -0.477 e. The van der Waals surface area contributed by atoms with Gasteiger partial charge in [0.25, 0.3) is 0 Å². The van der Waals surface area contributed by atoms with Crippen molar-refractivity contribution in [1.29, 1.82) is 0 Å². The number of aliphatic hydroxyl groups excluding tert-OH is 2. The number of nitrogens with zero attached hydrogens (tertiary/aromatic N) is 5. The molecule has 0 saturated carbocycles. The average Bonchev–Trinajstić information content (AvgIpc) is 3.32. The van der Waals surface area contributed by atoms with Crippen LogP contribution < -0.4 is 10.2 Å². The van der Waals surface area contributed by atoms with E-state index >= 15 is 0 Å². The predicted molar refractivity (Wildman–Crippen MR) is 259 cm³/mol. The molecular weight excluding hydrogens is 877 g/mol. The average molecular weight is 941 g/mol. The molecule has 1 atom stereocenters. The Morgan fingerprint density at radius 2 is 1.40 bits per heavy atom. The summed E-state index contributed by atoms with van der Waals surface area (Å²) in [4.78, 5) is 63.5. The lowest BCUT2D eigenvalue weighted by Gasteiger charge is -2.28.